The van der Waals surface area contributed by atoms with Gasteiger partial charge in [0.25, 0.3) is 0 Å². The van der Waals surface area contributed by atoms with Gasteiger partial charge in [-0.2, -0.15) is 0 Å². The van der Waals surface area contributed by atoms with Crippen LogP contribution < -0.4 is 5.32 Å². The molecule has 2 unspecified atom stereocenters. The van der Waals surface area contributed by atoms with E-state index in [0.29, 0.717) is 11.8 Å². The first-order chi connectivity index (χ1) is 9.98. The first-order valence-corrected chi connectivity index (χ1v) is 8.42. The molecule has 0 heterocycles. The first-order valence-electron chi connectivity index (χ1n) is 8.04. The van der Waals surface area contributed by atoms with Crippen molar-refractivity contribution in [2.45, 2.75) is 50.3 Å². The summed E-state index contributed by atoms with van der Waals surface area (Å²) in [5.41, 5.74) is 1.85. The highest BCUT2D eigenvalue weighted by Gasteiger charge is 2.60. The second-order valence-electron chi connectivity index (χ2n) is 7.66. The number of aryl methyl sites for hydroxylation is 1. The Morgan fingerprint density at radius 3 is 2.48 bits per heavy atom. The number of rotatable bonds is 2. The van der Waals surface area contributed by atoms with Gasteiger partial charge in [0.1, 0.15) is 0 Å². The van der Waals surface area contributed by atoms with E-state index in [9.17, 15) is 4.79 Å². The summed E-state index contributed by atoms with van der Waals surface area (Å²) < 4.78 is 0. The summed E-state index contributed by atoms with van der Waals surface area (Å²) in [5, 5.41) is 3.19. The normalized spacial score (nSPS) is 40.3. The lowest BCUT2D eigenvalue weighted by Gasteiger charge is -2.59. The van der Waals surface area contributed by atoms with Crippen LogP contribution in [0.3, 0.4) is 0 Å². The maximum absolute atomic E-state index is 13.0. The third-order valence-corrected chi connectivity index (χ3v) is 6.31. The standard InChI is InChI=1S/C18H22ClNO/c1-12-4-2-3-5-15(12)20-16(21)17-7-13-6-14(8-17)10-18(19,9-13)11-17/h2-5,13-14H,6-11H2,1H3,(H,20,21)/t13-,14+,17?,18?. The Labute approximate surface area is 131 Å². The van der Waals surface area contributed by atoms with Gasteiger partial charge >= 0.3 is 0 Å². The lowest BCUT2D eigenvalue weighted by Crippen LogP contribution is -2.57. The van der Waals surface area contributed by atoms with Crippen molar-refractivity contribution >= 4 is 23.2 Å². The van der Waals surface area contributed by atoms with Gasteiger partial charge in [0.15, 0.2) is 0 Å². The first kappa shape index (κ1) is 13.6. The van der Waals surface area contributed by atoms with Crippen molar-refractivity contribution < 1.29 is 4.79 Å². The van der Waals surface area contributed by atoms with Crippen molar-refractivity contribution in [1.29, 1.82) is 0 Å². The minimum Gasteiger partial charge on any atom is -0.325 e. The fraction of sp³-hybridized carbons (Fsp3) is 0.611. The number of halogens is 1. The highest BCUT2D eigenvalue weighted by Crippen LogP contribution is 2.64. The van der Waals surface area contributed by atoms with Crippen LogP contribution in [-0.2, 0) is 4.79 Å². The van der Waals surface area contributed by atoms with E-state index in [4.69, 9.17) is 11.6 Å². The minimum absolute atomic E-state index is 0.104. The number of carbonyl (C=O) groups excluding carboxylic acids is 1. The molecular weight excluding hydrogens is 282 g/mol. The van der Waals surface area contributed by atoms with E-state index in [2.05, 4.69) is 5.32 Å². The number of hydrogen-bond acceptors (Lipinski definition) is 1. The van der Waals surface area contributed by atoms with E-state index in [1.807, 2.05) is 31.2 Å². The zero-order valence-corrected chi connectivity index (χ0v) is 13.2. The maximum atomic E-state index is 13.0. The van der Waals surface area contributed by atoms with Gasteiger partial charge in [-0.3, -0.25) is 4.79 Å². The monoisotopic (exact) mass is 303 g/mol. The molecule has 21 heavy (non-hydrogen) atoms. The maximum Gasteiger partial charge on any atom is 0.230 e. The Balaban J connectivity index is 1.61. The topological polar surface area (TPSA) is 29.1 Å². The molecule has 0 spiro atoms. The van der Waals surface area contributed by atoms with Gasteiger partial charge in [-0.05, 0) is 68.9 Å². The number of anilines is 1. The van der Waals surface area contributed by atoms with Gasteiger partial charge in [-0.1, -0.05) is 18.2 Å². The van der Waals surface area contributed by atoms with Crippen molar-refractivity contribution in [1.82, 2.24) is 0 Å². The quantitative estimate of drug-likeness (QED) is 0.800. The van der Waals surface area contributed by atoms with E-state index >= 15 is 0 Å². The predicted octanol–water partition coefficient (Wildman–Crippen LogP) is 4.51. The van der Waals surface area contributed by atoms with Crippen LogP contribution in [0, 0.1) is 24.2 Å². The highest BCUT2D eigenvalue weighted by atomic mass is 35.5. The number of carbonyl (C=O) groups is 1. The molecule has 1 aromatic rings. The lowest BCUT2D eigenvalue weighted by molar-refractivity contribution is -0.138. The number of benzene rings is 1. The van der Waals surface area contributed by atoms with Gasteiger partial charge < -0.3 is 5.32 Å². The fourth-order valence-electron chi connectivity index (χ4n) is 5.38. The smallest absolute Gasteiger partial charge is 0.230 e. The van der Waals surface area contributed by atoms with Crippen LogP contribution in [0.25, 0.3) is 0 Å². The van der Waals surface area contributed by atoms with Gasteiger partial charge in [-0.25, -0.2) is 0 Å². The molecule has 3 heteroatoms. The molecule has 4 saturated carbocycles. The number of para-hydroxylation sites is 1. The van der Waals surface area contributed by atoms with Crippen molar-refractivity contribution in [3.05, 3.63) is 29.8 Å². The molecule has 0 radical (unpaired) electrons. The summed E-state index contributed by atoms with van der Waals surface area (Å²) in [4.78, 5) is 12.9. The molecule has 5 rings (SSSR count). The molecule has 4 fully saturated rings. The third-order valence-electron chi connectivity index (χ3n) is 5.86. The molecule has 2 nitrogen and oxygen atoms in total. The summed E-state index contributed by atoms with van der Waals surface area (Å²) in [6, 6.07) is 8.01. The van der Waals surface area contributed by atoms with Gasteiger partial charge in [0.2, 0.25) is 5.91 Å². The van der Waals surface area contributed by atoms with Crippen molar-refractivity contribution in [2.24, 2.45) is 17.3 Å². The Kier molecular flexibility index (Phi) is 2.91. The Morgan fingerprint density at radius 2 is 1.86 bits per heavy atom. The van der Waals surface area contributed by atoms with Crippen LogP contribution in [0.2, 0.25) is 0 Å². The molecule has 0 aliphatic heterocycles. The molecule has 4 aliphatic carbocycles. The molecule has 1 N–H and O–H groups in total. The van der Waals surface area contributed by atoms with Crippen LogP contribution >= 0.6 is 11.6 Å². The number of hydrogen-bond donors (Lipinski definition) is 1. The van der Waals surface area contributed by atoms with Gasteiger partial charge in [0, 0.05) is 10.6 Å². The number of nitrogens with one attached hydrogen (secondary N) is 1. The second kappa shape index (κ2) is 4.49. The van der Waals surface area contributed by atoms with Gasteiger partial charge in [-0.15, -0.1) is 11.6 Å². The summed E-state index contributed by atoms with van der Waals surface area (Å²) in [5.74, 6) is 1.52. The zero-order valence-electron chi connectivity index (χ0n) is 12.5. The summed E-state index contributed by atoms with van der Waals surface area (Å²) in [6.45, 7) is 2.04. The average Bonchev–Trinajstić information content (AvgIpc) is 2.38. The highest BCUT2D eigenvalue weighted by molar-refractivity contribution is 6.24. The fourth-order valence-corrected chi connectivity index (χ4v) is 6.08. The largest absolute Gasteiger partial charge is 0.325 e. The van der Waals surface area contributed by atoms with Crippen molar-refractivity contribution in [3.8, 4) is 0 Å². The van der Waals surface area contributed by atoms with Crippen LogP contribution in [0.1, 0.15) is 44.1 Å². The van der Waals surface area contributed by atoms with E-state index in [-0.39, 0.29) is 16.2 Å². The molecule has 1 amide bonds. The van der Waals surface area contributed by atoms with Crippen LogP contribution in [0.15, 0.2) is 24.3 Å². The van der Waals surface area contributed by atoms with E-state index < -0.39 is 0 Å². The van der Waals surface area contributed by atoms with Crippen molar-refractivity contribution in [3.63, 3.8) is 0 Å². The Morgan fingerprint density at radius 1 is 1.19 bits per heavy atom. The predicted molar refractivity (Wildman–Crippen MR) is 85.5 cm³/mol. The van der Waals surface area contributed by atoms with Crippen LogP contribution in [0.5, 0.6) is 0 Å². The molecular formula is C18H22ClNO. The van der Waals surface area contributed by atoms with E-state index in [1.165, 1.54) is 6.42 Å². The van der Waals surface area contributed by atoms with E-state index in [0.717, 1.165) is 43.4 Å². The molecule has 0 saturated heterocycles. The Bertz CT molecular complexity index is 583. The molecule has 4 aliphatic rings. The molecule has 4 bridgehead atoms. The van der Waals surface area contributed by atoms with E-state index in [1.54, 1.807) is 0 Å². The molecule has 4 atom stereocenters. The second-order valence-corrected chi connectivity index (χ2v) is 8.46. The zero-order chi connectivity index (χ0) is 14.7. The summed E-state index contributed by atoms with van der Waals surface area (Å²) in [7, 11) is 0. The molecule has 1 aromatic carbocycles. The summed E-state index contributed by atoms with van der Waals surface area (Å²) in [6.07, 6.45) is 6.46. The molecule has 0 aromatic heterocycles. The number of amides is 1. The van der Waals surface area contributed by atoms with Crippen LogP contribution in [0.4, 0.5) is 5.69 Å². The average molecular weight is 304 g/mol. The summed E-state index contributed by atoms with van der Waals surface area (Å²) >= 11 is 6.82. The minimum atomic E-state index is -0.214. The molecule has 112 valence electrons. The van der Waals surface area contributed by atoms with Gasteiger partial charge in [0.05, 0.1) is 5.41 Å². The SMILES string of the molecule is Cc1ccccc1NC(=O)C12C[C@@H]3C[C@@H](CC(Cl)(C3)C1)C2. The number of alkyl halides is 1. The van der Waals surface area contributed by atoms with Crippen LogP contribution in [-0.4, -0.2) is 10.8 Å². The van der Waals surface area contributed by atoms with Crippen molar-refractivity contribution in [2.75, 3.05) is 5.32 Å². The third kappa shape index (κ3) is 2.19. The Hall–Kier alpha value is -1.02. The lowest BCUT2D eigenvalue weighted by atomic mass is 9.49.